The van der Waals surface area contributed by atoms with E-state index in [1.54, 1.807) is 0 Å². The maximum atomic E-state index is 12.8. The number of hydrogen-bond donors (Lipinski definition) is 4. The zero-order valence-corrected chi connectivity index (χ0v) is 25.3. The van der Waals surface area contributed by atoms with Gasteiger partial charge in [0.2, 0.25) is 5.91 Å². The molecule has 4 fully saturated rings. The summed E-state index contributed by atoms with van der Waals surface area (Å²) in [5.41, 5.74) is -0.288. The average Bonchev–Trinajstić information content (AvgIpc) is 3.16. The van der Waals surface area contributed by atoms with Crippen molar-refractivity contribution >= 4 is 16.0 Å². The van der Waals surface area contributed by atoms with E-state index >= 15 is 0 Å². The molecule has 0 heterocycles. The molecule has 0 radical (unpaired) electrons. The molecule has 0 bridgehead atoms. The van der Waals surface area contributed by atoms with Gasteiger partial charge in [-0.1, -0.05) is 34.6 Å². The van der Waals surface area contributed by atoms with Crippen LogP contribution in [0.1, 0.15) is 98.8 Å². The zero-order chi connectivity index (χ0) is 28.9. The highest BCUT2D eigenvalue weighted by atomic mass is 32.2. The van der Waals surface area contributed by atoms with Crippen molar-refractivity contribution in [2.24, 2.45) is 52.3 Å². The number of rotatable bonds is 9. The maximum Gasteiger partial charge on any atom is 0.220 e. The molecule has 0 saturated heterocycles. The van der Waals surface area contributed by atoms with Crippen LogP contribution in [-0.2, 0) is 14.9 Å². The summed E-state index contributed by atoms with van der Waals surface area (Å²) in [7, 11) is -4.44. The number of fused-ring (bicyclic) bond motifs is 5. The normalized spacial score (nSPS) is 43.7. The van der Waals surface area contributed by atoms with E-state index in [2.05, 4.69) is 26.1 Å². The molecule has 4 saturated carbocycles. The standard InChI is InChI=1S/C30H53NO7S/c1-17(2)12-20(16-39(36,37)38)31-27(35)9-6-18(3)22-7-8-23-28-24(15-26(34)30(22,23)5)29(4)11-10-21(32)13-19(29)14-25(28)33/h17-26,28,32-34H,6-16H2,1-5H3,(H,31,35)(H,36,37,38)/p-1/t18-,19+,20+,21-,22-,23+,24+,25-,26+,28+,29+,30-/m1/s1. The molecule has 0 aromatic carbocycles. The Morgan fingerprint density at radius 3 is 2.36 bits per heavy atom. The fourth-order valence-corrected chi connectivity index (χ4v) is 10.7. The monoisotopic (exact) mass is 570 g/mol. The molecule has 0 spiro atoms. The number of nitrogens with one attached hydrogen (secondary N) is 1. The summed E-state index contributed by atoms with van der Waals surface area (Å²) in [6.45, 7) is 10.5. The Kier molecular flexibility index (Phi) is 9.20. The van der Waals surface area contributed by atoms with Gasteiger partial charge in [-0.2, -0.15) is 0 Å². The molecule has 0 unspecified atom stereocenters. The molecule has 0 aromatic rings. The van der Waals surface area contributed by atoms with Gasteiger partial charge >= 0.3 is 0 Å². The van der Waals surface area contributed by atoms with Crippen LogP contribution in [0.3, 0.4) is 0 Å². The van der Waals surface area contributed by atoms with Crippen LogP contribution in [0.15, 0.2) is 0 Å². The Morgan fingerprint density at radius 1 is 1.03 bits per heavy atom. The van der Waals surface area contributed by atoms with Gasteiger partial charge in [0.1, 0.15) is 0 Å². The first-order chi connectivity index (χ1) is 18.1. The Hall–Kier alpha value is -0.740. The SMILES string of the molecule is CC(C)C[C@@H](CS(=O)(=O)[O-])NC(=O)CC[C@@H](C)[C@H]1CC[C@H]2[C@@H]3[C@H](O)C[C@@H]4C[C@H](O)CC[C@]4(C)[C@H]3C[C@H](O)[C@]12C. The van der Waals surface area contributed by atoms with Gasteiger partial charge in [-0.05, 0) is 110 Å². The van der Waals surface area contributed by atoms with Gasteiger partial charge in [0, 0.05) is 12.5 Å². The summed E-state index contributed by atoms with van der Waals surface area (Å²) in [4.78, 5) is 12.8. The maximum absolute atomic E-state index is 12.8. The number of carbonyl (C=O) groups is 1. The van der Waals surface area contributed by atoms with Crippen molar-refractivity contribution in [2.75, 3.05) is 5.75 Å². The molecule has 4 aliphatic carbocycles. The van der Waals surface area contributed by atoms with Crippen LogP contribution < -0.4 is 5.32 Å². The van der Waals surface area contributed by atoms with Crippen molar-refractivity contribution in [3.05, 3.63) is 0 Å². The van der Waals surface area contributed by atoms with Crippen molar-refractivity contribution in [1.29, 1.82) is 0 Å². The first kappa shape index (κ1) is 31.2. The van der Waals surface area contributed by atoms with Gasteiger partial charge < -0.3 is 25.2 Å². The minimum Gasteiger partial charge on any atom is -0.748 e. The van der Waals surface area contributed by atoms with Gasteiger partial charge in [-0.15, -0.1) is 0 Å². The van der Waals surface area contributed by atoms with E-state index in [0.29, 0.717) is 25.2 Å². The highest BCUT2D eigenvalue weighted by molar-refractivity contribution is 7.85. The van der Waals surface area contributed by atoms with E-state index in [1.165, 1.54) is 0 Å². The summed E-state index contributed by atoms with van der Waals surface area (Å²) in [5.74, 6) is 0.650. The Balaban J connectivity index is 1.42. The Bertz CT molecular complexity index is 988. The van der Waals surface area contributed by atoms with E-state index in [4.69, 9.17) is 0 Å². The van der Waals surface area contributed by atoms with Crippen molar-refractivity contribution < 1.29 is 33.1 Å². The topological polar surface area (TPSA) is 147 Å². The lowest BCUT2D eigenvalue weighted by Gasteiger charge is -2.63. The predicted molar refractivity (Wildman–Crippen MR) is 148 cm³/mol. The fraction of sp³-hybridized carbons (Fsp3) is 0.967. The van der Waals surface area contributed by atoms with Crippen molar-refractivity contribution in [1.82, 2.24) is 5.32 Å². The van der Waals surface area contributed by atoms with Crippen LogP contribution in [0.2, 0.25) is 0 Å². The number of aliphatic hydroxyl groups excluding tert-OH is 3. The molecule has 39 heavy (non-hydrogen) atoms. The highest BCUT2D eigenvalue weighted by Crippen LogP contribution is 2.68. The molecule has 0 aromatic heterocycles. The lowest BCUT2D eigenvalue weighted by molar-refractivity contribution is -0.207. The second-order valence-corrected chi connectivity index (χ2v) is 16.1. The molecular weight excluding hydrogens is 518 g/mol. The van der Waals surface area contributed by atoms with Crippen LogP contribution in [0.25, 0.3) is 0 Å². The number of amides is 1. The van der Waals surface area contributed by atoms with Crippen LogP contribution in [0.4, 0.5) is 0 Å². The van der Waals surface area contributed by atoms with Crippen molar-refractivity contribution in [2.45, 2.75) is 123 Å². The molecule has 4 aliphatic rings. The predicted octanol–water partition coefficient (Wildman–Crippen LogP) is 3.44. The third-order valence-electron chi connectivity index (χ3n) is 11.9. The van der Waals surface area contributed by atoms with E-state index in [1.807, 2.05) is 13.8 Å². The van der Waals surface area contributed by atoms with E-state index in [9.17, 15) is 33.1 Å². The average molecular weight is 571 g/mol. The molecule has 226 valence electrons. The Labute approximate surface area is 235 Å². The summed E-state index contributed by atoms with van der Waals surface area (Å²) in [5, 5.41) is 36.3. The second kappa shape index (κ2) is 11.5. The first-order valence-corrected chi connectivity index (χ1v) is 16.9. The first-order valence-electron chi connectivity index (χ1n) is 15.3. The van der Waals surface area contributed by atoms with E-state index in [0.717, 1.165) is 38.5 Å². The van der Waals surface area contributed by atoms with Crippen LogP contribution in [0.5, 0.6) is 0 Å². The van der Waals surface area contributed by atoms with Crippen LogP contribution >= 0.6 is 0 Å². The lowest BCUT2D eigenvalue weighted by atomic mass is 9.43. The van der Waals surface area contributed by atoms with Gasteiger partial charge in [-0.3, -0.25) is 4.79 Å². The lowest BCUT2D eigenvalue weighted by Crippen LogP contribution is -2.62. The summed E-state index contributed by atoms with van der Waals surface area (Å²) in [6, 6.07) is -0.681. The highest BCUT2D eigenvalue weighted by Gasteiger charge is 2.65. The molecule has 9 heteroatoms. The molecule has 0 aliphatic heterocycles. The molecular formula is C30H52NO7S-. The molecule has 4 N–H and O–H groups in total. The summed E-state index contributed by atoms with van der Waals surface area (Å²) in [6.07, 6.45) is 5.96. The van der Waals surface area contributed by atoms with Crippen molar-refractivity contribution in [3.63, 3.8) is 0 Å². The zero-order valence-electron chi connectivity index (χ0n) is 24.5. The molecule has 1 amide bonds. The Morgan fingerprint density at radius 2 is 1.72 bits per heavy atom. The molecule has 8 nitrogen and oxygen atoms in total. The van der Waals surface area contributed by atoms with Crippen LogP contribution in [0, 0.1) is 52.3 Å². The summed E-state index contributed by atoms with van der Waals surface area (Å²) >= 11 is 0. The molecule has 4 rings (SSSR count). The third-order valence-corrected chi connectivity index (χ3v) is 12.7. The fourth-order valence-electron chi connectivity index (χ4n) is 9.98. The number of hydrogen-bond acceptors (Lipinski definition) is 7. The van der Waals surface area contributed by atoms with E-state index < -0.39 is 34.1 Å². The van der Waals surface area contributed by atoms with Gasteiger partial charge in [0.15, 0.2) is 0 Å². The minimum absolute atomic E-state index is 0.0390. The van der Waals surface area contributed by atoms with Crippen LogP contribution in [-0.4, -0.2) is 64.3 Å². The molecule has 12 atom stereocenters. The largest absolute Gasteiger partial charge is 0.748 e. The van der Waals surface area contributed by atoms with Crippen molar-refractivity contribution in [3.8, 4) is 0 Å². The van der Waals surface area contributed by atoms with Gasteiger partial charge in [0.05, 0.1) is 34.2 Å². The smallest absolute Gasteiger partial charge is 0.220 e. The second-order valence-electron chi connectivity index (χ2n) is 14.7. The van der Waals surface area contributed by atoms with E-state index in [-0.39, 0.29) is 64.8 Å². The quantitative estimate of drug-likeness (QED) is 0.311. The number of aliphatic hydroxyl groups is 3. The summed E-state index contributed by atoms with van der Waals surface area (Å²) < 4.78 is 34.0. The third kappa shape index (κ3) is 6.23. The van der Waals surface area contributed by atoms with Gasteiger partial charge in [0.25, 0.3) is 0 Å². The van der Waals surface area contributed by atoms with Gasteiger partial charge in [-0.25, -0.2) is 8.42 Å². The minimum atomic E-state index is -4.44. The number of carbonyl (C=O) groups excluding carboxylic acids is 1.